The molecule has 0 fully saturated rings. The van der Waals surface area contributed by atoms with E-state index in [-0.39, 0.29) is 23.8 Å². The molecule has 0 saturated carbocycles. The first kappa shape index (κ1) is 20.1. The number of rotatable bonds is 7. The van der Waals surface area contributed by atoms with Gasteiger partial charge in [-0.25, -0.2) is 0 Å². The summed E-state index contributed by atoms with van der Waals surface area (Å²) < 4.78 is 0. The lowest BCUT2D eigenvalue weighted by atomic mass is 9.78. The summed E-state index contributed by atoms with van der Waals surface area (Å²) in [6.45, 7) is 16.0. The van der Waals surface area contributed by atoms with Crippen molar-refractivity contribution in [3.05, 3.63) is 21.6 Å². The van der Waals surface area contributed by atoms with Crippen LogP contribution in [-0.4, -0.2) is 34.6 Å². The first-order valence-electron chi connectivity index (χ1n) is 8.51. The van der Waals surface area contributed by atoms with Gasteiger partial charge in [-0.3, -0.25) is 4.79 Å². The summed E-state index contributed by atoms with van der Waals surface area (Å²) in [6, 6.07) is 0. The minimum absolute atomic E-state index is 0.0144. The summed E-state index contributed by atoms with van der Waals surface area (Å²) in [5.41, 5.74) is 0.348. The molecule has 4 nitrogen and oxygen atoms in total. The number of aromatic hydroxyl groups is 2. The molecule has 24 heavy (non-hydrogen) atoms. The molecule has 0 bridgehead atoms. The molecule has 0 aromatic heterocycles. The van der Waals surface area contributed by atoms with E-state index in [4.69, 9.17) is 0 Å². The van der Waals surface area contributed by atoms with E-state index in [1.165, 1.54) is 0 Å². The fraction of sp³-hybridized carbons (Fsp3) is 0.550. The largest absolute Gasteiger partial charge is 0.507 e. The molecular weight excluding hydrogens is 302 g/mol. The van der Waals surface area contributed by atoms with Crippen LogP contribution in [0.4, 0.5) is 0 Å². The maximum absolute atomic E-state index is 12.5. The third-order valence-electron chi connectivity index (χ3n) is 4.71. The van der Waals surface area contributed by atoms with Crippen molar-refractivity contribution < 1.29 is 15.0 Å². The van der Waals surface area contributed by atoms with E-state index in [0.29, 0.717) is 21.6 Å². The number of nitrogens with zero attached hydrogens (tertiary/aromatic N) is 1. The summed E-state index contributed by atoms with van der Waals surface area (Å²) in [6.07, 6.45) is 3.43. The number of phenolic OH excluding ortho intramolecular Hbond substituents is 2. The maximum atomic E-state index is 12.5. The summed E-state index contributed by atoms with van der Waals surface area (Å²) in [4.78, 5) is 14.3. The molecule has 0 spiro atoms. The van der Waals surface area contributed by atoms with Crippen LogP contribution in [0, 0.1) is 6.92 Å². The molecule has 134 valence electrons. The van der Waals surface area contributed by atoms with Crippen molar-refractivity contribution in [3.63, 3.8) is 0 Å². The Morgan fingerprint density at radius 3 is 2.25 bits per heavy atom. The van der Waals surface area contributed by atoms with Gasteiger partial charge in [0.15, 0.2) is 0 Å². The van der Waals surface area contributed by atoms with Gasteiger partial charge in [-0.2, -0.15) is 0 Å². The average molecular weight is 333 g/mol. The van der Waals surface area contributed by atoms with Crippen LogP contribution in [0.15, 0.2) is 0 Å². The highest BCUT2D eigenvalue weighted by Crippen LogP contribution is 2.31. The van der Waals surface area contributed by atoms with E-state index in [1.54, 1.807) is 18.9 Å². The Hall–Kier alpha value is -1.97. The minimum atomic E-state index is -0.658. The molecule has 0 saturated heterocycles. The maximum Gasteiger partial charge on any atom is 0.223 e. The lowest BCUT2D eigenvalue weighted by Crippen LogP contribution is -2.36. The van der Waals surface area contributed by atoms with Crippen molar-refractivity contribution in [1.82, 2.24) is 4.90 Å². The Morgan fingerprint density at radius 2 is 1.71 bits per heavy atom. The summed E-state index contributed by atoms with van der Waals surface area (Å²) >= 11 is 0. The van der Waals surface area contributed by atoms with Crippen LogP contribution in [0.3, 0.4) is 0 Å². The van der Waals surface area contributed by atoms with Gasteiger partial charge in [0, 0.05) is 47.0 Å². The highest BCUT2D eigenvalue weighted by Gasteiger charge is 2.31. The van der Waals surface area contributed by atoms with Crippen LogP contribution >= 0.6 is 0 Å². The number of carbonyl (C=O) groups excluding carboxylic acids is 1. The van der Waals surface area contributed by atoms with Gasteiger partial charge < -0.3 is 15.1 Å². The van der Waals surface area contributed by atoms with Crippen molar-refractivity contribution in [2.45, 2.75) is 58.8 Å². The second kappa shape index (κ2) is 7.73. The van der Waals surface area contributed by atoms with Crippen LogP contribution in [0.25, 0.3) is 13.2 Å². The van der Waals surface area contributed by atoms with Crippen LogP contribution in [-0.2, 0) is 10.2 Å². The quantitative estimate of drug-likeness (QED) is 0.595. The van der Waals surface area contributed by atoms with Crippen molar-refractivity contribution in [2.75, 3.05) is 13.6 Å². The molecule has 1 aromatic carbocycles. The molecule has 0 aliphatic carbocycles. The molecular formula is C20H31NO3. The van der Waals surface area contributed by atoms with Gasteiger partial charge >= 0.3 is 0 Å². The second-order valence-corrected chi connectivity index (χ2v) is 7.24. The Bertz CT molecular complexity index is 707. The molecule has 0 radical (unpaired) electrons. The number of hydrogen-bond acceptors (Lipinski definition) is 3. The predicted molar refractivity (Wildman–Crippen MR) is 99.6 cm³/mol. The molecule has 2 N–H and O–H groups in total. The minimum Gasteiger partial charge on any atom is -0.507 e. The molecule has 0 aliphatic heterocycles. The number of hydrogen-bond donors (Lipinski definition) is 2. The van der Waals surface area contributed by atoms with Crippen molar-refractivity contribution in [1.29, 1.82) is 0 Å². The predicted octanol–water partition coefficient (Wildman–Crippen LogP) is 2.54. The van der Waals surface area contributed by atoms with Crippen LogP contribution in [0.5, 0.6) is 11.5 Å². The third-order valence-corrected chi connectivity index (χ3v) is 4.71. The molecule has 1 rings (SSSR count). The van der Waals surface area contributed by atoms with Gasteiger partial charge in [-0.15, -0.1) is 0 Å². The Morgan fingerprint density at radius 1 is 1.12 bits per heavy atom. The Labute approximate surface area is 145 Å². The van der Waals surface area contributed by atoms with Crippen molar-refractivity contribution in [3.8, 4) is 11.5 Å². The van der Waals surface area contributed by atoms with Crippen molar-refractivity contribution >= 4 is 19.1 Å². The number of carbonyl (C=O) groups is 1. The van der Waals surface area contributed by atoms with E-state index in [1.807, 2.05) is 13.8 Å². The van der Waals surface area contributed by atoms with Crippen LogP contribution in [0.1, 0.15) is 57.6 Å². The molecule has 1 amide bonds. The first-order valence-corrected chi connectivity index (χ1v) is 8.51. The lowest BCUT2D eigenvalue weighted by molar-refractivity contribution is -0.131. The normalized spacial score (nSPS) is 11.5. The average Bonchev–Trinajstić information content (AvgIpc) is 2.50. The third kappa shape index (κ3) is 4.11. The van der Waals surface area contributed by atoms with Gasteiger partial charge in [-0.05, 0) is 13.3 Å². The molecule has 1 aromatic rings. The number of amides is 1. The SMILES string of the molecule is C=c1c(C)c(O)c(=C)c(C(C)(C)CC(=O)N(C)CCCCC)c1O. The van der Waals surface area contributed by atoms with E-state index < -0.39 is 5.41 Å². The van der Waals surface area contributed by atoms with Gasteiger partial charge in [-0.1, -0.05) is 46.8 Å². The van der Waals surface area contributed by atoms with Gasteiger partial charge in [0.05, 0.1) is 0 Å². The van der Waals surface area contributed by atoms with E-state index in [2.05, 4.69) is 20.1 Å². The molecule has 0 heterocycles. The zero-order chi connectivity index (χ0) is 18.7. The van der Waals surface area contributed by atoms with E-state index in [0.717, 1.165) is 25.8 Å². The monoisotopic (exact) mass is 333 g/mol. The topological polar surface area (TPSA) is 60.8 Å². The smallest absolute Gasteiger partial charge is 0.223 e. The molecule has 0 atom stereocenters. The van der Waals surface area contributed by atoms with Crippen LogP contribution in [0.2, 0.25) is 0 Å². The van der Waals surface area contributed by atoms with Gasteiger partial charge in [0.1, 0.15) is 11.5 Å². The lowest BCUT2D eigenvalue weighted by Gasteiger charge is -2.29. The summed E-state index contributed by atoms with van der Waals surface area (Å²) in [5.74, 6) is 0.0620. The van der Waals surface area contributed by atoms with Gasteiger partial charge in [0.25, 0.3) is 0 Å². The Kier molecular flexibility index (Phi) is 6.47. The highest BCUT2D eigenvalue weighted by atomic mass is 16.3. The molecule has 0 aliphatic rings. The molecule has 4 heteroatoms. The van der Waals surface area contributed by atoms with Gasteiger partial charge in [0.2, 0.25) is 5.91 Å². The highest BCUT2D eigenvalue weighted by molar-refractivity contribution is 5.77. The van der Waals surface area contributed by atoms with Crippen LogP contribution < -0.4 is 10.4 Å². The first-order chi connectivity index (χ1) is 11.0. The summed E-state index contributed by atoms with van der Waals surface area (Å²) in [5, 5.41) is 21.5. The number of unbranched alkanes of at least 4 members (excludes halogenated alkanes) is 2. The standard InChI is InChI=1S/C20H31NO3/c1-8-9-10-11-21(7)16(22)12-20(5,6)17-15(4)18(23)13(2)14(3)19(17)24/h23-24H,3-4,8-12H2,1-2,5-7H3. The second-order valence-electron chi connectivity index (χ2n) is 7.24. The van der Waals surface area contributed by atoms with E-state index in [9.17, 15) is 15.0 Å². The molecule has 0 unspecified atom stereocenters. The fourth-order valence-electron chi connectivity index (χ4n) is 3.01. The van der Waals surface area contributed by atoms with E-state index >= 15 is 0 Å². The number of benzene rings is 1. The summed E-state index contributed by atoms with van der Waals surface area (Å²) in [7, 11) is 1.80. The zero-order valence-electron chi connectivity index (χ0n) is 15.7. The number of phenols is 2. The fourth-order valence-corrected chi connectivity index (χ4v) is 3.01. The van der Waals surface area contributed by atoms with Crippen molar-refractivity contribution in [2.24, 2.45) is 0 Å². The zero-order valence-corrected chi connectivity index (χ0v) is 15.7. The Balaban J connectivity index is 3.12.